The summed E-state index contributed by atoms with van der Waals surface area (Å²) in [5.74, 6) is 0. The van der Waals surface area contributed by atoms with Gasteiger partial charge in [-0.25, -0.2) is 0 Å². The quantitative estimate of drug-likeness (QED) is 0.780. The van der Waals surface area contributed by atoms with Crippen molar-refractivity contribution < 1.29 is 0 Å². The van der Waals surface area contributed by atoms with Crippen LogP contribution in [0.1, 0.15) is 39.4 Å². The van der Waals surface area contributed by atoms with Gasteiger partial charge in [0.25, 0.3) is 0 Å². The molecule has 1 atom stereocenters. The van der Waals surface area contributed by atoms with E-state index >= 15 is 0 Å². The van der Waals surface area contributed by atoms with Crippen LogP contribution < -0.4 is 5.73 Å². The second-order valence-electron chi connectivity index (χ2n) is 4.30. The van der Waals surface area contributed by atoms with E-state index in [-0.39, 0.29) is 18.4 Å². The molecule has 0 bridgehead atoms. The molecule has 0 saturated carbocycles. The summed E-state index contributed by atoms with van der Waals surface area (Å²) in [7, 11) is 0. The molecule has 0 radical (unpaired) electrons. The van der Waals surface area contributed by atoms with Gasteiger partial charge < -0.3 is 5.73 Å². The average Bonchev–Trinajstić information content (AvgIpc) is 2.23. The van der Waals surface area contributed by atoms with Crippen molar-refractivity contribution in [2.24, 2.45) is 5.73 Å². The van der Waals surface area contributed by atoms with E-state index in [0.717, 1.165) is 0 Å². The SMILES string of the molecule is C=C[C@@H](N)c1c(C)c(C)c(C)c(C)c1C.Cl. The van der Waals surface area contributed by atoms with Gasteiger partial charge in [0.05, 0.1) is 0 Å². The smallest absolute Gasteiger partial charge is 0.0484 e. The second-order valence-corrected chi connectivity index (χ2v) is 4.30. The molecule has 0 spiro atoms. The van der Waals surface area contributed by atoms with E-state index in [4.69, 9.17) is 5.73 Å². The minimum absolute atomic E-state index is 0. The second kappa shape index (κ2) is 5.51. The lowest BCUT2D eigenvalue weighted by Gasteiger charge is -2.21. The van der Waals surface area contributed by atoms with Crippen LogP contribution in [0.25, 0.3) is 0 Å². The van der Waals surface area contributed by atoms with E-state index in [1.807, 2.05) is 6.08 Å². The van der Waals surface area contributed by atoms with Gasteiger partial charge >= 0.3 is 0 Å². The third kappa shape index (κ3) is 2.31. The summed E-state index contributed by atoms with van der Waals surface area (Å²) in [6.45, 7) is 14.6. The first kappa shape index (κ1) is 15.2. The molecule has 0 aliphatic rings. The summed E-state index contributed by atoms with van der Waals surface area (Å²) in [6.07, 6.45) is 1.81. The molecule has 0 aromatic heterocycles. The van der Waals surface area contributed by atoms with Crippen LogP contribution in [-0.2, 0) is 0 Å². The van der Waals surface area contributed by atoms with Crippen molar-refractivity contribution in [2.75, 3.05) is 0 Å². The normalized spacial score (nSPS) is 11.9. The highest BCUT2D eigenvalue weighted by atomic mass is 35.5. The highest BCUT2D eigenvalue weighted by Crippen LogP contribution is 2.29. The summed E-state index contributed by atoms with van der Waals surface area (Å²) < 4.78 is 0. The highest BCUT2D eigenvalue weighted by molar-refractivity contribution is 5.85. The number of hydrogen-bond acceptors (Lipinski definition) is 1. The molecule has 1 rings (SSSR count). The van der Waals surface area contributed by atoms with Crippen molar-refractivity contribution in [3.8, 4) is 0 Å². The number of hydrogen-bond donors (Lipinski definition) is 1. The fourth-order valence-electron chi connectivity index (χ4n) is 2.15. The van der Waals surface area contributed by atoms with Crippen LogP contribution >= 0.6 is 12.4 Å². The van der Waals surface area contributed by atoms with Crippen molar-refractivity contribution in [1.29, 1.82) is 0 Å². The first-order valence-corrected chi connectivity index (χ1v) is 5.36. The standard InChI is InChI=1S/C14H21N.ClH/c1-7-13(15)14-11(5)9(3)8(2)10(4)12(14)6;/h7,13H,1,15H2,2-6H3;1H/t13-;/m1./s1. The van der Waals surface area contributed by atoms with Crippen molar-refractivity contribution >= 4 is 12.4 Å². The van der Waals surface area contributed by atoms with E-state index in [1.165, 1.54) is 33.4 Å². The topological polar surface area (TPSA) is 26.0 Å². The monoisotopic (exact) mass is 239 g/mol. The average molecular weight is 240 g/mol. The minimum Gasteiger partial charge on any atom is -0.321 e. The van der Waals surface area contributed by atoms with Crippen LogP contribution in [0.4, 0.5) is 0 Å². The van der Waals surface area contributed by atoms with Crippen LogP contribution in [-0.4, -0.2) is 0 Å². The summed E-state index contributed by atoms with van der Waals surface area (Å²) in [6, 6.07) is -0.0528. The molecule has 2 N–H and O–H groups in total. The van der Waals surface area contributed by atoms with Crippen LogP contribution in [0.15, 0.2) is 12.7 Å². The third-order valence-corrected chi connectivity index (χ3v) is 3.65. The Labute approximate surface area is 105 Å². The summed E-state index contributed by atoms with van der Waals surface area (Å²) >= 11 is 0. The molecule has 0 aliphatic carbocycles. The van der Waals surface area contributed by atoms with Crippen LogP contribution in [0, 0.1) is 34.6 Å². The lowest BCUT2D eigenvalue weighted by molar-refractivity contribution is 0.879. The molecule has 1 nitrogen and oxygen atoms in total. The van der Waals surface area contributed by atoms with Gasteiger partial charge in [-0.2, -0.15) is 0 Å². The molecule has 0 aliphatic heterocycles. The maximum Gasteiger partial charge on any atom is 0.0484 e. The molecule has 0 saturated heterocycles. The van der Waals surface area contributed by atoms with Gasteiger partial charge in [-0.3, -0.25) is 0 Å². The van der Waals surface area contributed by atoms with Crippen molar-refractivity contribution in [3.05, 3.63) is 46.0 Å². The minimum atomic E-state index is -0.0528. The Bertz CT molecular complexity index is 379. The highest BCUT2D eigenvalue weighted by Gasteiger charge is 2.15. The Morgan fingerprint density at radius 1 is 0.875 bits per heavy atom. The molecule has 16 heavy (non-hydrogen) atoms. The Kier molecular flexibility index (Phi) is 5.24. The van der Waals surface area contributed by atoms with Crippen molar-refractivity contribution in [1.82, 2.24) is 0 Å². The van der Waals surface area contributed by atoms with Gasteiger partial charge in [-0.05, 0) is 68.0 Å². The Hall–Kier alpha value is -0.790. The lowest BCUT2D eigenvalue weighted by atomic mass is 9.86. The summed E-state index contributed by atoms with van der Waals surface area (Å²) in [4.78, 5) is 0. The van der Waals surface area contributed by atoms with Gasteiger partial charge in [-0.1, -0.05) is 6.08 Å². The van der Waals surface area contributed by atoms with Gasteiger partial charge in [0.2, 0.25) is 0 Å². The Morgan fingerprint density at radius 2 is 1.19 bits per heavy atom. The lowest BCUT2D eigenvalue weighted by Crippen LogP contribution is -2.13. The number of halogens is 1. The van der Waals surface area contributed by atoms with Gasteiger partial charge in [0.1, 0.15) is 0 Å². The summed E-state index contributed by atoms with van der Waals surface area (Å²) in [5, 5.41) is 0. The van der Waals surface area contributed by atoms with Gasteiger partial charge in [-0.15, -0.1) is 19.0 Å². The molecule has 0 fully saturated rings. The fraction of sp³-hybridized carbons (Fsp3) is 0.429. The first-order chi connectivity index (χ1) is 6.91. The van der Waals surface area contributed by atoms with Crippen LogP contribution in [0.2, 0.25) is 0 Å². The van der Waals surface area contributed by atoms with Gasteiger partial charge in [0, 0.05) is 6.04 Å². The summed E-state index contributed by atoms with van der Waals surface area (Å²) in [5.41, 5.74) is 14.0. The predicted molar refractivity (Wildman–Crippen MR) is 74.5 cm³/mol. The number of benzene rings is 1. The molecule has 1 aromatic rings. The fourth-order valence-corrected chi connectivity index (χ4v) is 2.15. The van der Waals surface area contributed by atoms with Crippen molar-refractivity contribution in [2.45, 2.75) is 40.7 Å². The maximum absolute atomic E-state index is 6.07. The molecule has 2 heteroatoms. The molecule has 1 aromatic carbocycles. The van der Waals surface area contributed by atoms with Crippen LogP contribution in [0.5, 0.6) is 0 Å². The van der Waals surface area contributed by atoms with Crippen molar-refractivity contribution in [3.63, 3.8) is 0 Å². The van der Waals surface area contributed by atoms with Crippen LogP contribution in [0.3, 0.4) is 0 Å². The molecular weight excluding hydrogens is 218 g/mol. The zero-order valence-corrected chi connectivity index (χ0v) is 11.7. The molecule has 0 amide bonds. The van der Waals surface area contributed by atoms with E-state index in [0.29, 0.717) is 0 Å². The zero-order chi connectivity index (χ0) is 11.7. The molecular formula is C14H22ClN. The third-order valence-electron chi connectivity index (χ3n) is 3.65. The molecule has 90 valence electrons. The van der Waals surface area contributed by atoms with E-state index < -0.39 is 0 Å². The molecule has 0 heterocycles. The first-order valence-electron chi connectivity index (χ1n) is 5.36. The van der Waals surface area contributed by atoms with E-state index in [1.54, 1.807) is 0 Å². The number of nitrogens with two attached hydrogens (primary N) is 1. The zero-order valence-electron chi connectivity index (χ0n) is 10.8. The molecule has 0 unspecified atom stereocenters. The van der Waals surface area contributed by atoms with E-state index in [9.17, 15) is 0 Å². The Balaban J connectivity index is 0.00000225. The number of rotatable bonds is 2. The predicted octanol–water partition coefficient (Wildman–Crippen LogP) is 3.84. The Morgan fingerprint density at radius 3 is 1.50 bits per heavy atom. The maximum atomic E-state index is 6.07. The van der Waals surface area contributed by atoms with Gasteiger partial charge in [0.15, 0.2) is 0 Å². The largest absolute Gasteiger partial charge is 0.321 e. The van der Waals surface area contributed by atoms with E-state index in [2.05, 4.69) is 41.2 Å².